The fourth-order valence-corrected chi connectivity index (χ4v) is 2.88. The Balaban J connectivity index is 2.02. The summed E-state index contributed by atoms with van der Waals surface area (Å²) < 4.78 is 5.85. The standard InChI is InChI=1S/C17H15N3O2S/c1-10-5-14(3-4-19-10)22-15-7-12(16(18)21)6-13(8-15)17-20-9-11(2)23-17/h3-9H,1-2H3,(H2,18,21). The third-order valence-electron chi connectivity index (χ3n) is 3.16. The number of carbonyl (C=O) groups excluding carboxylic acids is 1. The molecule has 0 saturated heterocycles. The first-order valence-electron chi connectivity index (χ1n) is 6.99. The molecule has 6 heteroatoms. The van der Waals surface area contributed by atoms with Crippen molar-refractivity contribution in [3.05, 3.63) is 58.9 Å². The van der Waals surface area contributed by atoms with Gasteiger partial charge in [0.05, 0.1) is 0 Å². The lowest BCUT2D eigenvalue weighted by atomic mass is 10.1. The molecule has 2 aromatic heterocycles. The zero-order chi connectivity index (χ0) is 16.4. The van der Waals surface area contributed by atoms with Crippen LogP contribution >= 0.6 is 11.3 Å². The van der Waals surface area contributed by atoms with Crippen molar-refractivity contribution in [1.29, 1.82) is 0 Å². The number of thiazole rings is 1. The summed E-state index contributed by atoms with van der Waals surface area (Å²) in [5, 5.41) is 0.821. The Kier molecular flexibility index (Phi) is 4.08. The topological polar surface area (TPSA) is 78.1 Å². The molecule has 0 atom stereocenters. The molecule has 116 valence electrons. The second-order valence-electron chi connectivity index (χ2n) is 5.12. The van der Waals surface area contributed by atoms with Crippen LogP contribution in [0.4, 0.5) is 0 Å². The minimum Gasteiger partial charge on any atom is -0.457 e. The molecule has 2 N–H and O–H groups in total. The van der Waals surface area contributed by atoms with Crippen LogP contribution in [0, 0.1) is 13.8 Å². The molecule has 23 heavy (non-hydrogen) atoms. The number of carbonyl (C=O) groups is 1. The number of hydrogen-bond acceptors (Lipinski definition) is 5. The quantitative estimate of drug-likeness (QED) is 0.793. The average molecular weight is 325 g/mol. The Morgan fingerprint density at radius 1 is 1.13 bits per heavy atom. The van der Waals surface area contributed by atoms with Crippen molar-refractivity contribution in [2.24, 2.45) is 5.73 Å². The van der Waals surface area contributed by atoms with Gasteiger partial charge in [0.2, 0.25) is 5.91 Å². The number of aromatic nitrogens is 2. The van der Waals surface area contributed by atoms with Crippen LogP contribution in [-0.2, 0) is 0 Å². The lowest BCUT2D eigenvalue weighted by molar-refractivity contribution is 0.1000. The van der Waals surface area contributed by atoms with Crippen molar-refractivity contribution in [1.82, 2.24) is 9.97 Å². The first-order chi connectivity index (χ1) is 11.0. The Morgan fingerprint density at radius 2 is 1.96 bits per heavy atom. The molecule has 0 saturated carbocycles. The number of primary amides is 1. The van der Waals surface area contributed by atoms with E-state index < -0.39 is 5.91 Å². The molecule has 0 unspecified atom stereocenters. The third kappa shape index (κ3) is 3.54. The van der Waals surface area contributed by atoms with Gasteiger partial charge in [-0.15, -0.1) is 11.3 Å². The fourth-order valence-electron chi connectivity index (χ4n) is 2.13. The van der Waals surface area contributed by atoms with Gasteiger partial charge in [0.15, 0.2) is 0 Å². The summed E-state index contributed by atoms with van der Waals surface area (Å²) in [6.45, 7) is 3.87. The summed E-state index contributed by atoms with van der Waals surface area (Å²) in [4.78, 5) is 21.2. The smallest absolute Gasteiger partial charge is 0.248 e. The minimum absolute atomic E-state index is 0.385. The number of ether oxygens (including phenoxy) is 1. The molecule has 0 aliphatic rings. The molecular formula is C17H15N3O2S. The summed E-state index contributed by atoms with van der Waals surface area (Å²) in [7, 11) is 0. The summed E-state index contributed by atoms with van der Waals surface area (Å²) >= 11 is 1.55. The highest BCUT2D eigenvalue weighted by molar-refractivity contribution is 7.14. The highest BCUT2D eigenvalue weighted by Gasteiger charge is 2.11. The third-order valence-corrected chi connectivity index (χ3v) is 4.12. The normalized spacial score (nSPS) is 10.5. The van der Waals surface area contributed by atoms with Gasteiger partial charge in [-0.3, -0.25) is 9.78 Å². The summed E-state index contributed by atoms with van der Waals surface area (Å²) in [5.74, 6) is 0.686. The number of amides is 1. The van der Waals surface area contributed by atoms with Crippen molar-refractivity contribution in [2.75, 3.05) is 0 Å². The maximum absolute atomic E-state index is 11.6. The number of nitrogens with zero attached hydrogens (tertiary/aromatic N) is 2. The predicted octanol–water partition coefficient (Wildman–Crippen LogP) is 3.71. The van der Waals surface area contributed by atoms with Crippen LogP contribution in [0.3, 0.4) is 0 Å². The Labute approximate surface area is 137 Å². The van der Waals surface area contributed by atoms with Crippen molar-refractivity contribution < 1.29 is 9.53 Å². The molecule has 0 fully saturated rings. The van der Waals surface area contributed by atoms with E-state index in [1.54, 1.807) is 41.9 Å². The van der Waals surface area contributed by atoms with E-state index in [4.69, 9.17) is 10.5 Å². The van der Waals surface area contributed by atoms with Gasteiger partial charge in [-0.25, -0.2) is 4.98 Å². The van der Waals surface area contributed by atoms with E-state index in [2.05, 4.69) is 9.97 Å². The van der Waals surface area contributed by atoms with Gasteiger partial charge in [0, 0.05) is 40.2 Å². The molecule has 0 aliphatic heterocycles. The van der Waals surface area contributed by atoms with Gasteiger partial charge in [0.1, 0.15) is 16.5 Å². The monoisotopic (exact) mass is 325 g/mol. The first kappa shape index (κ1) is 15.2. The van der Waals surface area contributed by atoms with Gasteiger partial charge >= 0.3 is 0 Å². The Hall–Kier alpha value is -2.73. The van der Waals surface area contributed by atoms with Gasteiger partial charge in [-0.1, -0.05) is 0 Å². The highest BCUT2D eigenvalue weighted by Crippen LogP contribution is 2.31. The molecule has 3 aromatic rings. The number of aryl methyl sites for hydroxylation is 2. The molecule has 1 aromatic carbocycles. The number of rotatable bonds is 4. The van der Waals surface area contributed by atoms with E-state index >= 15 is 0 Å². The van der Waals surface area contributed by atoms with Crippen LogP contribution in [0.5, 0.6) is 11.5 Å². The van der Waals surface area contributed by atoms with Crippen LogP contribution in [0.1, 0.15) is 20.9 Å². The van der Waals surface area contributed by atoms with Crippen molar-refractivity contribution >= 4 is 17.2 Å². The second-order valence-corrected chi connectivity index (χ2v) is 6.36. The zero-order valence-corrected chi connectivity index (χ0v) is 13.6. The molecular weight excluding hydrogens is 310 g/mol. The molecule has 2 heterocycles. The Bertz CT molecular complexity index is 874. The van der Waals surface area contributed by atoms with E-state index in [-0.39, 0.29) is 0 Å². The average Bonchev–Trinajstić information content (AvgIpc) is 2.93. The van der Waals surface area contributed by atoms with Crippen LogP contribution in [0.25, 0.3) is 10.6 Å². The molecule has 1 amide bonds. The van der Waals surface area contributed by atoms with Crippen molar-refractivity contribution in [3.63, 3.8) is 0 Å². The van der Waals surface area contributed by atoms with Crippen LogP contribution in [0.15, 0.2) is 42.7 Å². The number of pyridine rings is 1. The van der Waals surface area contributed by atoms with Gasteiger partial charge in [-0.05, 0) is 38.1 Å². The zero-order valence-electron chi connectivity index (χ0n) is 12.7. The SMILES string of the molecule is Cc1cc(Oc2cc(C(N)=O)cc(-c3ncc(C)s3)c2)ccn1. The summed E-state index contributed by atoms with van der Waals surface area (Å²) in [6.07, 6.45) is 3.47. The van der Waals surface area contributed by atoms with Crippen LogP contribution in [0.2, 0.25) is 0 Å². The van der Waals surface area contributed by atoms with Gasteiger partial charge in [-0.2, -0.15) is 0 Å². The van der Waals surface area contributed by atoms with Crippen LogP contribution < -0.4 is 10.5 Å². The largest absolute Gasteiger partial charge is 0.457 e. The van der Waals surface area contributed by atoms with Crippen molar-refractivity contribution in [2.45, 2.75) is 13.8 Å². The van der Waals surface area contributed by atoms with E-state index in [0.29, 0.717) is 17.1 Å². The highest BCUT2D eigenvalue weighted by atomic mass is 32.1. The number of nitrogens with two attached hydrogens (primary N) is 1. The second kappa shape index (κ2) is 6.18. The van der Waals surface area contributed by atoms with E-state index in [9.17, 15) is 4.79 Å². The lowest BCUT2D eigenvalue weighted by Gasteiger charge is -2.09. The lowest BCUT2D eigenvalue weighted by Crippen LogP contribution is -2.11. The maximum Gasteiger partial charge on any atom is 0.248 e. The van der Waals surface area contributed by atoms with Gasteiger partial charge < -0.3 is 10.5 Å². The summed E-state index contributed by atoms with van der Waals surface area (Å²) in [6, 6.07) is 8.79. The first-order valence-corrected chi connectivity index (χ1v) is 7.81. The van der Waals surface area contributed by atoms with Crippen LogP contribution in [-0.4, -0.2) is 15.9 Å². The molecule has 3 rings (SSSR count). The molecule has 5 nitrogen and oxygen atoms in total. The number of hydrogen-bond donors (Lipinski definition) is 1. The van der Waals surface area contributed by atoms with Crippen molar-refractivity contribution in [3.8, 4) is 22.1 Å². The van der Waals surface area contributed by atoms with E-state index in [1.807, 2.05) is 26.0 Å². The molecule has 0 radical (unpaired) electrons. The molecule has 0 spiro atoms. The van der Waals surface area contributed by atoms with Gasteiger partial charge in [0.25, 0.3) is 0 Å². The number of benzene rings is 1. The molecule has 0 aliphatic carbocycles. The van der Waals surface area contributed by atoms with E-state index in [1.165, 1.54) is 0 Å². The minimum atomic E-state index is -0.504. The maximum atomic E-state index is 11.6. The fraction of sp³-hybridized carbons (Fsp3) is 0.118. The molecule has 0 bridgehead atoms. The van der Waals surface area contributed by atoms with E-state index in [0.717, 1.165) is 21.1 Å². The Morgan fingerprint density at radius 3 is 2.61 bits per heavy atom. The predicted molar refractivity (Wildman–Crippen MR) is 89.9 cm³/mol. The summed E-state index contributed by atoms with van der Waals surface area (Å²) in [5.41, 5.74) is 7.47.